The zero-order valence-corrected chi connectivity index (χ0v) is 26.4. The summed E-state index contributed by atoms with van der Waals surface area (Å²) in [6, 6.07) is 17.0. The monoisotopic (exact) mass is 639 g/mol. The number of piperazine rings is 1. The summed E-state index contributed by atoms with van der Waals surface area (Å²) in [5.41, 5.74) is 1.52. The van der Waals surface area contributed by atoms with E-state index in [1.54, 1.807) is 47.4 Å². The molecule has 2 amide bonds. The maximum absolute atomic E-state index is 13.4. The average molecular weight is 640 g/mol. The van der Waals surface area contributed by atoms with E-state index in [2.05, 4.69) is 26.8 Å². The number of aromatic nitrogens is 2. The predicted molar refractivity (Wildman–Crippen MR) is 173 cm³/mol. The van der Waals surface area contributed by atoms with Gasteiger partial charge in [-0.1, -0.05) is 30.0 Å². The summed E-state index contributed by atoms with van der Waals surface area (Å²) < 4.78 is 28.5. The van der Waals surface area contributed by atoms with Crippen molar-refractivity contribution >= 4 is 27.7 Å². The van der Waals surface area contributed by atoms with Crippen molar-refractivity contribution in [3.63, 3.8) is 0 Å². The van der Waals surface area contributed by atoms with Gasteiger partial charge in [0.05, 0.1) is 11.3 Å². The lowest BCUT2D eigenvalue weighted by molar-refractivity contribution is -0.0391. The van der Waals surface area contributed by atoms with Crippen LogP contribution < -0.4 is 9.62 Å². The molecule has 4 saturated carbocycles. The number of carbonyl (C=O) groups excluding carboxylic acids is 2. The van der Waals surface area contributed by atoms with Gasteiger partial charge in [-0.05, 0) is 104 Å². The van der Waals surface area contributed by atoms with Crippen molar-refractivity contribution in [3.8, 4) is 17.6 Å². The third-order valence-electron chi connectivity index (χ3n) is 10.0. The first-order valence-electron chi connectivity index (χ1n) is 16.0. The summed E-state index contributed by atoms with van der Waals surface area (Å²) in [5, 5.41) is 18.0. The first kappa shape index (κ1) is 30.2. The first-order chi connectivity index (χ1) is 22.1. The fraction of sp³-hybridized carbons (Fsp3) is 0.429. The van der Waals surface area contributed by atoms with Crippen molar-refractivity contribution in [2.45, 2.75) is 38.5 Å². The van der Waals surface area contributed by atoms with Gasteiger partial charge in [0.1, 0.15) is 5.75 Å². The van der Waals surface area contributed by atoms with Gasteiger partial charge in [-0.3, -0.25) is 9.59 Å². The van der Waals surface area contributed by atoms with Gasteiger partial charge >= 0.3 is 0 Å². The van der Waals surface area contributed by atoms with Crippen LogP contribution >= 0.6 is 0 Å². The average Bonchev–Trinajstić information content (AvgIpc) is 3.02. The lowest BCUT2D eigenvalue weighted by atomic mass is 9.50. The van der Waals surface area contributed by atoms with Crippen LogP contribution in [0.1, 0.15) is 70.5 Å². The molecule has 3 aromatic rings. The molecule has 5 fully saturated rings. The molecular formula is C35H37N5O5S. The Hall–Kier alpha value is -4.43. The molecular weight excluding hydrogens is 602 g/mol. The van der Waals surface area contributed by atoms with E-state index >= 15 is 0 Å². The summed E-state index contributed by atoms with van der Waals surface area (Å²) in [7, 11) is -3.82. The lowest BCUT2D eigenvalue weighted by Gasteiger charge is -2.56. The van der Waals surface area contributed by atoms with E-state index in [1.165, 1.54) is 25.3 Å². The van der Waals surface area contributed by atoms with Gasteiger partial charge in [-0.2, -0.15) is 0 Å². The predicted octanol–water partition coefficient (Wildman–Crippen LogP) is 3.82. The van der Waals surface area contributed by atoms with Gasteiger partial charge in [0.25, 0.3) is 11.8 Å². The number of hydrogen-bond acceptors (Lipinski definition) is 8. The molecule has 4 aliphatic carbocycles. The number of nitrogens with zero attached hydrogens (tertiary/aromatic N) is 4. The van der Waals surface area contributed by atoms with E-state index in [4.69, 9.17) is 0 Å². The zero-order valence-electron chi connectivity index (χ0n) is 25.6. The van der Waals surface area contributed by atoms with Crippen LogP contribution in [0.3, 0.4) is 0 Å². The SMILES string of the molecule is O=C(NS(=O)(=O)CC12CC3CC(CC(C3)C1)C2)c1ccc(N2CCN(C(=O)c3ccccc3C#Cc3cccc(O)c3)CC2)nn1. The number of nitrogens with one attached hydrogen (secondary N) is 1. The zero-order chi connectivity index (χ0) is 31.9. The van der Waals surface area contributed by atoms with E-state index in [-0.39, 0.29) is 28.5 Å². The van der Waals surface area contributed by atoms with Crippen LogP contribution in [0.15, 0.2) is 60.7 Å². The number of anilines is 1. The van der Waals surface area contributed by atoms with Gasteiger partial charge in [-0.15, -0.1) is 10.2 Å². The highest BCUT2D eigenvalue weighted by molar-refractivity contribution is 7.90. The summed E-state index contributed by atoms with van der Waals surface area (Å²) in [6.07, 6.45) is 6.52. The van der Waals surface area contributed by atoms with Crippen molar-refractivity contribution < 1.29 is 23.1 Å². The lowest BCUT2D eigenvalue weighted by Crippen LogP contribution is -2.51. The standard InChI is InChI=1S/C35H37N5O5S/c41-29-6-3-4-24(19-29)8-9-28-5-1-2-7-30(28)34(43)40-14-12-39(13-15-40)32-11-10-31(36-37-32)33(42)38-46(44,45)23-35-20-25-16-26(21-35)18-27(17-25)22-35/h1-7,10-11,19,25-27,41H,12-18,20-23H2,(H,38,42). The highest BCUT2D eigenvalue weighted by atomic mass is 32.2. The Morgan fingerprint density at radius 2 is 1.57 bits per heavy atom. The molecule has 8 rings (SSSR count). The molecule has 5 aliphatic rings. The second kappa shape index (κ2) is 12.1. The molecule has 238 valence electrons. The van der Waals surface area contributed by atoms with Crippen LogP contribution in [0.2, 0.25) is 0 Å². The number of amides is 2. The van der Waals surface area contributed by atoms with Crippen LogP contribution in [0.4, 0.5) is 5.82 Å². The molecule has 2 heterocycles. The van der Waals surface area contributed by atoms with Crippen LogP contribution in [0, 0.1) is 35.0 Å². The van der Waals surface area contributed by atoms with Gasteiger partial charge in [-0.25, -0.2) is 13.1 Å². The van der Waals surface area contributed by atoms with Crippen molar-refractivity contribution in [2.75, 3.05) is 36.8 Å². The smallest absolute Gasteiger partial charge is 0.285 e. The summed E-state index contributed by atoms with van der Waals surface area (Å²) in [5.74, 6) is 7.77. The maximum atomic E-state index is 13.4. The molecule has 2 aromatic carbocycles. The number of hydrogen-bond donors (Lipinski definition) is 2. The number of sulfonamides is 1. The molecule has 1 saturated heterocycles. The molecule has 1 aliphatic heterocycles. The Balaban J connectivity index is 0.945. The Morgan fingerprint density at radius 3 is 2.22 bits per heavy atom. The maximum Gasteiger partial charge on any atom is 0.285 e. The van der Waals surface area contributed by atoms with Crippen molar-refractivity contribution in [1.29, 1.82) is 0 Å². The van der Waals surface area contributed by atoms with Gasteiger partial charge in [0.15, 0.2) is 11.5 Å². The second-order valence-electron chi connectivity index (χ2n) is 13.5. The molecule has 11 heteroatoms. The highest BCUT2D eigenvalue weighted by Crippen LogP contribution is 2.60. The molecule has 2 N–H and O–H groups in total. The fourth-order valence-electron chi connectivity index (χ4n) is 8.53. The number of aromatic hydroxyl groups is 1. The molecule has 0 unspecified atom stereocenters. The topological polar surface area (TPSA) is 133 Å². The van der Waals surface area contributed by atoms with Crippen molar-refractivity contribution in [3.05, 3.63) is 83.0 Å². The third kappa shape index (κ3) is 6.44. The van der Waals surface area contributed by atoms with Crippen molar-refractivity contribution in [2.24, 2.45) is 23.2 Å². The largest absolute Gasteiger partial charge is 0.508 e. The Morgan fingerprint density at radius 1 is 0.870 bits per heavy atom. The number of phenols is 1. The Labute approximate surface area is 269 Å². The molecule has 0 spiro atoms. The molecule has 46 heavy (non-hydrogen) atoms. The van der Waals surface area contributed by atoms with Crippen LogP contribution in [-0.4, -0.2) is 72.4 Å². The number of carbonyl (C=O) groups is 2. The summed E-state index contributed by atoms with van der Waals surface area (Å²) in [6.45, 7) is 1.95. The second-order valence-corrected chi connectivity index (χ2v) is 15.2. The quantitative estimate of drug-likeness (QED) is 0.389. The summed E-state index contributed by atoms with van der Waals surface area (Å²) in [4.78, 5) is 30.1. The van der Waals surface area contributed by atoms with E-state index in [0.29, 0.717) is 66.4 Å². The summed E-state index contributed by atoms with van der Waals surface area (Å²) >= 11 is 0. The van der Waals surface area contributed by atoms with Crippen LogP contribution in [0.5, 0.6) is 5.75 Å². The third-order valence-corrected chi connectivity index (χ3v) is 11.5. The van der Waals surface area contributed by atoms with Gasteiger partial charge in [0, 0.05) is 37.3 Å². The molecule has 1 aromatic heterocycles. The Bertz CT molecular complexity index is 1790. The van der Waals surface area contributed by atoms with E-state index in [1.807, 2.05) is 17.0 Å². The van der Waals surface area contributed by atoms with Crippen molar-refractivity contribution in [1.82, 2.24) is 19.8 Å². The van der Waals surface area contributed by atoms with E-state index < -0.39 is 15.9 Å². The number of phenolic OH excluding ortho intramolecular Hbond substituents is 1. The van der Waals surface area contributed by atoms with Gasteiger partial charge < -0.3 is 14.9 Å². The van der Waals surface area contributed by atoms with Crippen LogP contribution in [0.25, 0.3) is 0 Å². The van der Waals surface area contributed by atoms with Gasteiger partial charge in [0.2, 0.25) is 10.0 Å². The minimum atomic E-state index is -3.82. The molecule has 0 radical (unpaired) electrons. The molecule has 10 nitrogen and oxygen atoms in total. The number of rotatable bonds is 6. The fourth-order valence-corrected chi connectivity index (χ4v) is 10.1. The minimum Gasteiger partial charge on any atom is -0.508 e. The van der Waals surface area contributed by atoms with E-state index in [0.717, 1.165) is 19.3 Å². The minimum absolute atomic E-state index is 0.00161. The highest BCUT2D eigenvalue weighted by Gasteiger charge is 2.52. The first-order valence-corrected chi connectivity index (χ1v) is 17.6. The number of benzene rings is 2. The molecule has 4 bridgehead atoms. The van der Waals surface area contributed by atoms with E-state index in [9.17, 15) is 23.1 Å². The molecule has 0 atom stereocenters. The van der Waals surface area contributed by atoms with Crippen LogP contribution in [-0.2, 0) is 10.0 Å². The normalized spacial score (nSPS) is 25.1. The Kier molecular flexibility index (Phi) is 7.93.